The first-order valence-corrected chi connectivity index (χ1v) is 8.46. The van der Waals surface area contributed by atoms with Gasteiger partial charge in [0.15, 0.2) is 5.13 Å². The zero-order chi connectivity index (χ0) is 13.4. The zero-order valence-corrected chi connectivity index (χ0v) is 12.9. The second-order valence-electron chi connectivity index (χ2n) is 6.25. The van der Waals surface area contributed by atoms with E-state index in [1.807, 2.05) is 11.3 Å². The Bertz CT molecular complexity index is 443. The zero-order valence-electron chi connectivity index (χ0n) is 12.1. The summed E-state index contributed by atoms with van der Waals surface area (Å²) in [7, 11) is 2.22. The SMILES string of the molecule is CC1CCCCC1N(C)c1nc2c(s1)C(N)CCC2. The molecule has 0 amide bonds. The summed E-state index contributed by atoms with van der Waals surface area (Å²) in [6.07, 6.45) is 8.87. The maximum atomic E-state index is 6.22. The number of fused-ring (bicyclic) bond motifs is 1. The molecule has 1 aromatic rings. The van der Waals surface area contributed by atoms with Crippen LogP contribution in [0.4, 0.5) is 5.13 Å². The molecule has 3 rings (SSSR count). The van der Waals surface area contributed by atoms with Gasteiger partial charge in [-0.05, 0) is 38.0 Å². The van der Waals surface area contributed by atoms with Gasteiger partial charge in [0.25, 0.3) is 0 Å². The van der Waals surface area contributed by atoms with E-state index >= 15 is 0 Å². The van der Waals surface area contributed by atoms with E-state index in [0.29, 0.717) is 6.04 Å². The highest BCUT2D eigenvalue weighted by atomic mass is 32.1. The molecule has 0 radical (unpaired) electrons. The lowest BCUT2D eigenvalue weighted by atomic mass is 9.85. The molecule has 4 heteroatoms. The Labute approximate surface area is 120 Å². The molecule has 19 heavy (non-hydrogen) atoms. The van der Waals surface area contributed by atoms with Crippen molar-refractivity contribution in [3.8, 4) is 0 Å². The van der Waals surface area contributed by atoms with Gasteiger partial charge in [-0.2, -0.15) is 0 Å². The van der Waals surface area contributed by atoms with Gasteiger partial charge in [-0.3, -0.25) is 0 Å². The van der Waals surface area contributed by atoms with Crippen LogP contribution >= 0.6 is 11.3 Å². The predicted molar refractivity (Wildman–Crippen MR) is 81.8 cm³/mol. The average Bonchev–Trinajstić information content (AvgIpc) is 2.84. The first kappa shape index (κ1) is 13.4. The first-order chi connectivity index (χ1) is 9.16. The quantitative estimate of drug-likeness (QED) is 0.901. The highest BCUT2D eigenvalue weighted by Gasteiger charge is 2.29. The van der Waals surface area contributed by atoms with Crippen molar-refractivity contribution in [2.24, 2.45) is 11.7 Å². The third-order valence-electron chi connectivity index (χ3n) is 4.85. The fourth-order valence-electron chi connectivity index (χ4n) is 3.60. The van der Waals surface area contributed by atoms with Gasteiger partial charge in [0.2, 0.25) is 0 Å². The van der Waals surface area contributed by atoms with Crippen LogP contribution in [-0.4, -0.2) is 18.1 Å². The minimum atomic E-state index is 0.229. The molecule has 2 aliphatic carbocycles. The monoisotopic (exact) mass is 279 g/mol. The Morgan fingerprint density at radius 2 is 2.00 bits per heavy atom. The van der Waals surface area contributed by atoms with Crippen molar-refractivity contribution in [3.05, 3.63) is 10.6 Å². The van der Waals surface area contributed by atoms with Crippen LogP contribution in [0, 0.1) is 5.92 Å². The molecule has 0 aromatic carbocycles. The van der Waals surface area contributed by atoms with Crippen molar-refractivity contribution in [2.75, 3.05) is 11.9 Å². The molecule has 3 nitrogen and oxygen atoms in total. The molecule has 1 saturated carbocycles. The molecule has 1 fully saturated rings. The molecule has 0 spiro atoms. The molecule has 0 bridgehead atoms. The van der Waals surface area contributed by atoms with Crippen LogP contribution in [0.25, 0.3) is 0 Å². The van der Waals surface area contributed by atoms with E-state index in [2.05, 4.69) is 18.9 Å². The van der Waals surface area contributed by atoms with Gasteiger partial charge in [-0.25, -0.2) is 4.98 Å². The lowest BCUT2D eigenvalue weighted by Crippen LogP contribution is -2.38. The molecule has 1 aromatic heterocycles. The van der Waals surface area contributed by atoms with Crippen LogP contribution in [0.2, 0.25) is 0 Å². The van der Waals surface area contributed by atoms with E-state index in [9.17, 15) is 0 Å². The minimum Gasteiger partial charge on any atom is -0.348 e. The number of rotatable bonds is 2. The second kappa shape index (κ2) is 5.41. The Morgan fingerprint density at radius 3 is 2.74 bits per heavy atom. The molecular weight excluding hydrogens is 254 g/mol. The molecule has 1 heterocycles. The number of aromatic nitrogens is 1. The van der Waals surface area contributed by atoms with Crippen molar-refractivity contribution in [1.29, 1.82) is 0 Å². The third-order valence-corrected chi connectivity index (χ3v) is 6.17. The number of hydrogen-bond donors (Lipinski definition) is 1. The van der Waals surface area contributed by atoms with E-state index in [1.165, 1.54) is 47.8 Å². The summed E-state index contributed by atoms with van der Waals surface area (Å²) in [5.41, 5.74) is 7.49. The molecule has 2 N–H and O–H groups in total. The van der Waals surface area contributed by atoms with Crippen LogP contribution in [0.5, 0.6) is 0 Å². The maximum Gasteiger partial charge on any atom is 0.185 e. The number of thiazole rings is 1. The summed E-state index contributed by atoms with van der Waals surface area (Å²) in [5.74, 6) is 0.786. The largest absolute Gasteiger partial charge is 0.348 e. The smallest absolute Gasteiger partial charge is 0.185 e. The Balaban J connectivity index is 1.81. The number of anilines is 1. The summed E-state index contributed by atoms with van der Waals surface area (Å²) in [6.45, 7) is 2.39. The van der Waals surface area contributed by atoms with Crippen LogP contribution in [0.15, 0.2) is 0 Å². The number of aryl methyl sites for hydroxylation is 1. The van der Waals surface area contributed by atoms with Crippen molar-refractivity contribution >= 4 is 16.5 Å². The van der Waals surface area contributed by atoms with Crippen LogP contribution in [-0.2, 0) is 6.42 Å². The van der Waals surface area contributed by atoms with Crippen LogP contribution in [0.3, 0.4) is 0 Å². The Kier molecular flexibility index (Phi) is 3.81. The van der Waals surface area contributed by atoms with Crippen molar-refractivity contribution in [1.82, 2.24) is 4.98 Å². The number of nitrogens with two attached hydrogens (primary N) is 1. The van der Waals surface area contributed by atoms with E-state index in [0.717, 1.165) is 18.8 Å². The molecule has 3 unspecified atom stereocenters. The topological polar surface area (TPSA) is 42.2 Å². The van der Waals surface area contributed by atoms with Crippen LogP contribution in [0.1, 0.15) is 62.1 Å². The fourth-order valence-corrected chi connectivity index (χ4v) is 4.77. The second-order valence-corrected chi connectivity index (χ2v) is 7.26. The van der Waals surface area contributed by atoms with E-state index in [4.69, 9.17) is 10.7 Å². The number of hydrogen-bond acceptors (Lipinski definition) is 4. The summed E-state index contributed by atoms with van der Waals surface area (Å²) in [4.78, 5) is 8.65. The Hall–Kier alpha value is -0.610. The summed E-state index contributed by atoms with van der Waals surface area (Å²) in [5, 5.41) is 1.20. The van der Waals surface area contributed by atoms with Gasteiger partial charge in [0, 0.05) is 24.0 Å². The molecule has 2 aliphatic rings. The fraction of sp³-hybridized carbons (Fsp3) is 0.800. The third kappa shape index (κ3) is 2.52. The first-order valence-electron chi connectivity index (χ1n) is 7.65. The molecular formula is C15H25N3S. The van der Waals surface area contributed by atoms with E-state index < -0.39 is 0 Å². The summed E-state index contributed by atoms with van der Waals surface area (Å²) in [6, 6.07) is 0.893. The maximum absolute atomic E-state index is 6.22. The standard InChI is InChI=1S/C15H25N3S/c1-10-6-3-4-9-13(10)18(2)15-17-12-8-5-7-11(16)14(12)19-15/h10-11,13H,3-9,16H2,1-2H3. The van der Waals surface area contributed by atoms with Crippen LogP contribution < -0.4 is 10.6 Å². The van der Waals surface area contributed by atoms with Crippen molar-refractivity contribution in [3.63, 3.8) is 0 Å². The van der Waals surface area contributed by atoms with Gasteiger partial charge in [-0.15, -0.1) is 0 Å². The molecule has 3 atom stereocenters. The molecule has 106 valence electrons. The highest BCUT2D eigenvalue weighted by molar-refractivity contribution is 7.15. The average molecular weight is 279 g/mol. The summed E-state index contributed by atoms with van der Waals surface area (Å²) < 4.78 is 0. The van der Waals surface area contributed by atoms with Gasteiger partial charge in [0.1, 0.15) is 0 Å². The van der Waals surface area contributed by atoms with Crippen molar-refractivity contribution < 1.29 is 0 Å². The lowest BCUT2D eigenvalue weighted by molar-refractivity contribution is 0.321. The van der Waals surface area contributed by atoms with Gasteiger partial charge >= 0.3 is 0 Å². The molecule has 0 saturated heterocycles. The van der Waals surface area contributed by atoms with E-state index in [-0.39, 0.29) is 6.04 Å². The van der Waals surface area contributed by atoms with E-state index in [1.54, 1.807) is 0 Å². The predicted octanol–water partition coefficient (Wildman–Crippen LogP) is 3.49. The van der Waals surface area contributed by atoms with Crippen molar-refractivity contribution in [2.45, 2.75) is 64.0 Å². The summed E-state index contributed by atoms with van der Waals surface area (Å²) >= 11 is 1.84. The Morgan fingerprint density at radius 1 is 1.21 bits per heavy atom. The van der Waals surface area contributed by atoms with Gasteiger partial charge < -0.3 is 10.6 Å². The van der Waals surface area contributed by atoms with Gasteiger partial charge in [0.05, 0.1) is 5.69 Å². The normalized spacial score (nSPS) is 31.0. The van der Waals surface area contributed by atoms with Gasteiger partial charge in [-0.1, -0.05) is 31.1 Å². The number of nitrogens with zero attached hydrogens (tertiary/aromatic N) is 2. The highest BCUT2D eigenvalue weighted by Crippen LogP contribution is 2.38. The minimum absolute atomic E-state index is 0.229. The molecule has 0 aliphatic heterocycles. The lowest BCUT2D eigenvalue weighted by Gasteiger charge is -2.36.